The first-order valence-electron chi connectivity index (χ1n) is 10.0. The lowest BCUT2D eigenvalue weighted by atomic mass is 10.2. The molecule has 0 aliphatic rings. The Morgan fingerprint density at radius 1 is 1.03 bits per heavy atom. The van der Waals surface area contributed by atoms with Gasteiger partial charge in [-0.15, -0.1) is 0 Å². The van der Waals surface area contributed by atoms with E-state index in [1.807, 2.05) is 71.0 Å². The van der Waals surface area contributed by atoms with Crippen LogP contribution in [0.25, 0.3) is 16.6 Å². The quantitative estimate of drug-likeness (QED) is 0.438. The number of anilines is 2. The Labute approximate surface area is 180 Å². The summed E-state index contributed by atoms with van der Waals surface area (Å²) in [7, 11) is 1.67. The number of methoxy groups -OCH3 is 1. The highest BCUT2D eigenvalue weighted by molar-refractivity contribution is 5.91. The molecule has 5 rings (SSSR count). The van der Waals surface area contributed by atoms with Crippen molar-refractivity contribution in [2.75, 3.05) is 12.4 Å². The van der Waals surface area contributed by atoms with Gasteiger partial charge in [0.15, 0.2) is 0 Å². The molecule has 0 aliphatic carbocycles. The van der Waals surface area contributed by atoms with Crippen molar-refractivity contribution in [3.05, 3.63) is 90.8 Å². The van der Waals surface area contributed by atoms with E-state index in [-0.39, 0.29) is 0 Å². The third kappa shape index (κ3) is 3.73. The lowest BCUT2D eigenvalue weighted by Gasteiger charge is -2.13. The minimum absolute atomic E-state index is 0.709. The largest absolute Gasteiger partial charge is 0.494 e. The molecule has 0 unspecified atom stereocenters. The van der Waals surface area contributed by atoms with Crippen LogP contribution in [0, 0.1) is 6.92 Å². The van der Waals surface area contributed by atoms with Crippen molar-refractivity contribution in [2.24, 2.45) is 0 Å². The van der Waals surface area contributed by atoms with Gasteiger partial charge in [0.1, 0.15) is 11.6 Å². The molecule has 0 radical (unpaired) electrons. The summed E-state index contributed by atoms with van der Waals surface area (Å²) in [6.07, 6.45) is 7.40. The molecular formula is C24H22N6O. The van der Waals surface area contributed by atoms with Crippen molar-refractivity contribution in [1.82, 2.24) is 24.3 Å². The third-order valence-corrected chi connectivity index (χ3v) is 5.18. The number of pyridine rings is 1. The van der Waals surface area contributed by atoms with Gasteiger partial charge in [-0.05, 0) is 30.7 Å². The van der Waals surface area contributed by atoms with Gasteiger partial charge in [-0.2, -0.15) is 5.10 Å². The van der Waals surface area contributed by atoms with Gasteiger partial charge in [0.05, 0.1) is 48.5 Å². The van der Waals surface area contributed by atoms with Crippen LogP contribution in [0.3, 0.4) is 0 Å². The van der Waals surface area contributed by atoms with Gasteiger partial charge >= 0.3 is 0 Å². The second-order valence-electron chi connectivity index (χ2n) is 7.31. The number of hydrogen-bond acceptors (Lipinski definition) is 5. The zero-order valence-corrected chi connectivity index (χ0v) is 17.4. The summed E-state index contributed by atoms with van der Waals surface area (Å²) < 4.78 is 9.56. The van der Waals surface area contributed by atoms with Crippen LogP contribution in [0.4, 0.5) is 11.5 Å². The number of nitrogens with one attached hydrogen (secondary N) is 1. The van der Waals surface area contributed by atoms with Gasteiger partial charge in [-0.25, -0.2) is 9.97 Å². The SMILES string of the molecule is COc1cc(Nc2nccc3c2cnn3Cc2ccccc2)ccc1-n1cnc(C)c1. The van der Waals surface area contributed by atoms with E-state index in [9.17, 15) is 0 Å². The Kier molecular flexibility index (Phi) is 4.84. The topological polar surface area (TPSA) is 69.8 Å². The van der Waals surface area contributed by atoms with E-state index in [1.54, 1.807) is 19.6 Å². The van der Waals surface area contributed by atoms with Crippen LogP contribution in [0.5, 0.6) is 5.75 Å². The molecule has 5 aromatic rings. The maximum atomic E-state index is 5.62. The summed E-state index contributed by atoms with van der Waals surface area (Å²) in [5, 5.41) is 8.96. The Balaban J connectivity index is 1.45. The van der Waals surface area contributed by atoms with E-state index in [1.165, 1.54) is 5.56 Å². The normalized spacial score (nSPS) is 11.0. The number of ether oxygens (including phenoxy) is 1. The second-order valence-corrected chi connectivity index (χ2v) is 7.31. The number of benzene rings is 2. The summed E-state index contributed by atoms with van der Waals surface area (Å²) in [5.74, 6) is 1.50. The van der Waals surface area contributed by atoms with Crippen LogP contribution >= 0.6 is 0 Å². The van der Waals surface area contributed by atoms with E-state index >= 15 is 0 Å². The highest BCUT2D eigenvalue weighted by Crippen LogP contribution is 2.30. The van der Waals surface area contributed by atoms with E-state index in [4.69, 9.17) is 4.74 Å². The number of fused-ring (bicyclic) bond motifs is 1. The molecular weight excluding hydrogens is 388 g/mol. The Morgan fingerprint density at radius 2 is 1.90 bits per heavy atom. The van der Waals surface area contributed by atoms with Gasteiger partial charge in [-0.3, -0.25) is 4.68 Å². The predicted molar refractivity (Wildman–Crippen MR) is 121 cm³/mol. The summed E-state index contributed by atoms with van der Waals surface area (Å²) in [6.45, 7) is 2.67. The van der Waals surface area contributed by atoms with Crippen LogP contribution < -0.4 is 10.1 Å². The standard InChI is InChI=1S/C24H22N6O/c1-17-14-29(16-26-17)22-9-8-19(12-23(22)31-2)28-24-20-13-27-30(21(20)10-11-25-24)15-18-6-4-3-5-7-18/h3-14,16H,15H2,1-2H3,(H,25,28). The molecule has 7 nitrogen and oxygen atoms in total. The molecule has 0 aliphatic heterocycles. The maximum Gasteiger partial charge on any atom is 0.144 e. The van der Waals surface area contributed by atoms with Crippen LogP contribution in [0.1, 0.15) is 11.3 Å². The summed E-state index contributed by atoms with van der Waals surface area (Å²) in [6, 6.07) is 18.2. The average Bonchev–Trinajstić information content (AvgIpc) is 3.41. The molecule has 154 valence electrons. The monoisotopic (exact) mass is 410 g/mol. The van der Waals surface area contributed by atoms with Crippen molar-refractivity contribution in [2.45, 2.75) is 13.5 Å². The van der Waals surface area contributed by atoms with E-state index in [2.05, 4.69) is 32.5 Å². The van der Waals surface area contributed by atoms with Crippen molar-refractivity contribution in [1.29, 1.82) is 0 Å². The molecule has 7 heteroatoms. The molecule has 0 saturated heterocycles. The fourth-order valence-electron chi connectivity index (χ4n) is 3.65. The summed E-state index contributed by atoms with van der Waals surface area (Å²) in [5.41, 5.74) is 4.99. The first-order valence-corrected chi connectivity index (χ1v) is 10.0. The van der Waals surface area contributed by atoms with E-state index in [0.29, 0.717) is 6.54 Å². The van der Waals surface area contributed by atoms with Crippen LogP contribution in [0.2, 0.25) is 0 Å². The van der Waals surface area contributed by atoms with Crippen LogP contribution in [-0.2, 0) is 6.54 Å². The fraction of sp³-hybridized carbons (Fsp3) is 0.125. The Hall–Kier alpha value is -4.13. The highest BCUT2D eigenvalue weighted by Gasteiger charge is 2.11. The number of rotatable bonds is 6. The molecule has 0 atom stereocenters. The smallest absolute Gasteiger partial charge is 0.144 e. The Bertz CT molecular complexity index is 1340. The van der Waals surface area contributed by atoms with Crippen molar-refractivity contribution >= 4 is 22.4 Å². The zero-order valence-electron chi connectivity index (χ0n) is 17.4. The van der Waals surface area contributed by atoms with Gasteiger partial charge in [-0.1, -0.05) is 30.3 Å². The van der Waals surface area contributed by atoms with E-state index < -0.39 is 0 Å². The lowest BCUT2D eigenvalue weighted by molar-refractivity contribution is 0.413. The molecule has 0 saturated carbocycles. The molecule has 3 aromatic heterocycles. The van der Waals surface area contributed by atoms with E-state index in [0.717, 1.165) is 39.5 Å². The minimum Gasteiger partial charge on any atom is -0.494 e. The number of hydrogen-bond donors (Lipinski definition) is 1. The van der Waals surface area contributed by atoms with Gasteiger partial charge in [0.2, 0.25) is 0 Å². The highest BCUT2D eigenvalue weighted by atomic mass is 16.5. The predicted octanol–water partition coefficient (Wildman–Crippen LogP) is 4.73. The molecule has 0 amide bonds. The average molecular weight is 410 g/mol. The van der Waals surface area contributed by atoms with Gasteiger partial charge in [0.25, 0.3) is 0 Å². The number of imidazole rings is 1. The van der Waals surface area contributed by atoms with Crippen molar-refractivity contribution in [3.63, 3.8) is 0 Å². The van der Waals surface area contributed by atoms with Crippen LogP contribution in [-0.4, -0.2) is 31.4 Å². The van der Waals surface area contributed by atoms with Crippen molar-refractivity contribution < 1.29 is 4.74 Å². The molecule has 0 spiro atoms. The summed E-state index contributed by atoms with van der Waals surface area (Å²) in [4.78, 5) is 8.84. The molecule has 0 fully saturated rings. The maximum absolute atomic E-state index is 5.62. The Morgan fingerprint density at radius 3 is 2.68 bits per heavy atom. The first-order chi connectivity index (χ1) is 15.2. The molecule has 3 heterocycles. The molecule has 2 aromatic carbocycles. The number of nitrogens with zero attached hydrogens (tertiary/aromatic N) is 5. The zero-order chi connectivity index (χ0) is 21.2. The minimum atomic E-state index is 0.709. The van der Waals surface area contributed by atoms with Gasteiger partial charge in [0, 0.05) is 24.1 Å². The molecule has 1 N–H and O–H groups in total. The lowest BCUT2D eigenvalue weighted by Crippen LogP contribution is -2.02. The molecule has 0 bridgehead atoms. The number of aromatic nitrogens is 5. The summed E-state index contributed by atoms with van der Waals surface area (Å²) >= 11 is 0. The van der Waals surface area contributed by atoms with Gasteiger partial charge < -0.3 is 14.6 Å². The first kappa shape index (κ1) is 18.9. The number of aryl methyl sites for hydroxylation is 1. The molecule has 31 heavy (non-hydrogen) atoms. The fourth-order valence-corrected chi connectivity index (χ4v) is 3.65. The third-order valence-electron chi connectivity index (χ3n) is 5.18. The second kappa shape index (κ2) is 7.95. The van der Waals surface area contributed by atoms with Crippen LogP contribution in [0.15, 0.2) is 79.5 Å². The van der Waals surface area contributed by atoms with Crippen molar-refractivity contribution in [3.8, 4) is 11.4 Å².